The highest BCUT2D eigenvalue weighted by molar-refractivity contribution is 9.10. The van der Waals surface area contributed by atoms with Gasteiger partial charge in [0.2, 0.25) is 0 Å². The van der Waals surface area contributed by atoms with Crippen LogP contribution in [0.15, 0.2) is 28.9 Å². The number of primary amides is 1. The van der Waals surface area contributed by atoms with Crippen molar-refractivity contribution in [1.82, 2.24) is 9.78 Å². The number of ether oxygens (including phenoxy) is 1. The Kier molecular flexibility index (Phi) is 3.75. The van der Waals surface area contributed by atoms with E-state index in [1.165, 1.54) is 0 Å². The monoisotopic (exact) mass is 324 g/mol. The predicted molar refractivity (Wildman–Crippen MR) is 75.0 cm³/mol. The quantitative estimate of drug-likeness (QED) is 0.888. The number of amides is 1. The zero-order valence-electron chi connectivity index (χ0n) is 10.3. The number of rotatable bonds is 4. The molecule has 1 amide bonds. The minimum absolute atomic E-state index is 0.0824. The van der Waals surface area contributed by atoms with Crippen molar-refractivity contribution in [2.24, 2.45) is 5.73 Å². The third-order valence-electron chi connectivity index (χ3n) is 2.61. The van der Waals surface area contributed by atoms with Crippen LogP contribution in [-0.4, -0.2) is 22.8 Å². The summed E-state index contributed by atoms with van der Waals surface area (Å²) >= 11 is 3.45. The van der Waals surface area contributed by atoms with Gasteiger partial charge in [0.05, 0.1) is 19.3 Å². The predicted octanol–water partition coefficient (Wildman–Crippen LogP) is 1.38. The van der Waals surface area contributed by atoms with Crippen LogP contribution in [-0.2, 0) is 6.54 Å². The number of carbonyl (C=O) groups is 1. The first kappa shape index (κ1) is 13.4. The molecule has 0 aliphatic rings. The molecule has 7 heteroatoms. The van der Waals surface area contributed by atoms with E-state index in [4.69, 9.17) is 16.2 Å². The van der Waals surface area contributed by atoms with E-state index in [-0.39, 0.29) is 11.4 Å². The van der Waals surface area contributed by atoms with Crippen molar-refractivity contribution in [2.75, 3.05) is 12.8 Å². The highest BCUT2D eigenvalue weighted by Gasteiger charge is 2.12. The molecular formula is C12H13BrN4O2. The van der Waals surface area contributed by atoms with E-state index in [2.05, 4.69) is 21.0 Å². The van der Waals surface area contributed by atoms with Gasteiger partial charge in [-0.3, -0.25) is 9.48 Å². The minimum Gasteiger partial charge on any atom is -0.497 e. The van der Waals surface area contributed by atoms with E-state index in [1.54, 1.807) is 18.0 Å². The Bertz CT molecular complexity index is 624. The number of carbonyl (C=O) groups excluding carboxylic acids is 1. The molecule has 0 unspecified atom stereocenters. The lowest BCUT2D eigenvalue weighted by molar-refractivity contribution is 0.0995. The zero-order chi connectivity index (χ0) is 14.0. The van der Waals surface area contributed by atoms with Crippen LogP contribution in [0.3, 0.4) is 0 Å². The SMILES string of the molecule is COc1ccc(Br)c(Cn2cc(N)c(C(N)=O)n2)c1. The number of methoxy groups -OCH3 is 1. The van der Waals surface area contributed by atoms with Crippen LogP contribution in [0.2, 0.25) is 0 Å². The maximum Gasteiger partial charge on any atom is 0.271 e. The Morgan fingerprint density at radius 3 is 2.84 bits per heavy atom. The van der Waals surface area contributed by atoms with Crippen LogP contribution in [0.1, 0.15) is 16.1 Å². The maximum atomic E-state index is 11.1. The number of nitrogens with zero attached hydrogens (tertiary/aromatic N) is 2. The van der Waals surface area contributed by atoms with E-state index in [0.29, 0.717) is 6.54 Å². The maximum absolute atomic E-state index is 11.1. The molecule has 100 valence electrons. The molecule has 0 spiro atoms. The van der Waals surface area contributed by atoms with E-state index < -0.39 is 5.91 Å². The Balaban J connectivity index is 2.30. The number of hydrogen-bond donors (Lipinski definition) is 2. The summed E-state index contributed by atoms with van der Waals surface area (Å²) in [5, 5.41) is 4.06. The molecule has 0 aliphatic carbocycles. The van der Waals surface area contributed by atoms with Crippen LogP contribution in [0.4, 0.5) is 5.69 Å². The van der Waals surface area contributed by atoms with Crippen LogP contribution in [0, 0.1) is 0 Å². The molecule has 0 bridgehead atoms. The van der Waals surface area contributed by atoms with Crippen molar-refractivity contribution in [3.8, 4) is 5.75 Å². The molecule has 0 saturated carbocycles. The summed E-state index contributed by atoms with van der Waals surface area (Å²) in [4.78, 5) is 11.1. The molecule has 0 radical (unpaired) electrons. The van der Waals surface area contributed by atoms with Gasteiger partial charge in [0, 0.05) is 10.7 Å². The number of aromatic nitrogens is 2. The average Bonchev–Trinajstić information content (AvgIpc) is 2.73. The van der Waals surface area contributed by atoms with Gasteiger partial charge in [-0.05, 0) is 23.8 Å². The van der Waals surface area contributed by atoms with E-state index in [0.717, 1.165) is 15.8 Å². The molecule has 2 aromatic rings. The molecule has 6 nitrogen and oxygen atoms in total. The van der Waals surface area contributed by atoms with Crippen LogP contribution in [0.25, 0.3) is 0 Å². The van der Waals surface area contributed by atoms with Gasteiger partial charge < -0.3 is 16.2 Å². The summed E-state index contributed by atoms with van der Waals surface area (Å²) in [6, 6.07) is 5.61. The van der Waals surface area contributed by atoms with Gasteiger partial charge >= 0.3 is 0 Å². The standard InChI is InChI=1S/C12H13BrN4O2/c1-19-8-2-3-9(13)7(4-8)5-17-6-10(14)11(16-17)12(15)18/h2-4,6H,5,14H2,1H3,(H2,15,18). The van der Waals surface area contributed by atoms with Crippen LogP contribution < -0.4 is 16.2 Å². The van der Waals surface area contributed by atoms with Crippen molar-refractivity contribution >= 4 is 27.5 Å². The minimum atomic E-state index is -0.638. The summed E-state index contributed by atoms with van der Waals surface area (Å²) in [6.07, 6.45) is 1.58. The van der Waals surface area contributed by atoms with Gasteiger partial charge in [-0.2, -0.15) is 5.10 Å². The van der Waals surface area contributed by atoms with Crippen molar-refractivity contribution in [1.29, 1.82) is 0 Å². The fourth-order valence-electron chi connectivity index (χ4n) is 1.68. The number of benzene rings is 1. The number of hydrogen-bond acceptors (Lipinski definition) is 4. The Hall–Kier alpha value is -2.02. The summed E-state index contributed by atoms with van der Waals surface area (Å²) in [6.45, 7) is 0.454. The third kappa shape index (κ3) is 2.87. The second-order valence-electron chi connectivity index (χ2n) is 3.95. The van der Waals surface area contributed by atoms with Crippen molar-refractivity contribution < 1.29 is 9.53 Å². The molecule has 2 rings (SSSR count). The molecule has 0 saturated heterocycles. The second-order valence-corrected chi connectivity index (χ2v) is 4.81. The first-order chi connectivity index (χ1) is 9.01. The Labute approximate surface area is 118 Å². The van der Waals surface area contributed by atoms with Crippen LogP contribution in [0.5, 0.6) is 5.75 Å². The van der Waals surface area contributed by atoms with Crippen molar-refractivity contribution in [2.45, 2.75) is 6.54 Å². The summed E-state index contributed by atoms with van der Waals surface area (Å²) in [5.41, 5.74) is 12.2. The van der Waals surface area contributed by atoms with Gasteiger partial charge in [0.25, 0.3) is 5.91 Å². The fraction of sp³-hybridized carbons (Fsp3) is 0.167. The van der Waals surface area contributed by atoms with Gasteiger partial charge in [0.15, 0.2) is 5.69 Å². The highest BCUT2D eigenvalue weighted by Crippen LogP contribution is 2.23. The van der Waals surface area contributed by atoms with E-state index in [1.807, 2.05) is 18.2 Å². The smallest absolute Gasteiger partial charge is 0.271 e. The van der Waals surface area contributed by atoms with Crippen LogP contribution >= 0.6 is 15.9 Å². The highest BCUT2D eigenvalue weighted by atomic mass is 79.9. The van der Waals surface area contributed by atoms with E-state index >= 15 is 0 Å². The number of nitrogens with two attached hydrogens (primary N) is 2. The lowest BCUT2D eigenvalue weighted by Crippen LogP contribution is -2.14. The van der Waals surface area contributed by atoms with Gasteiger partial charge in [-0.1, -0.05) is 15.9 Å². The Morgan fingerprint density at radius 2 is 2.26 bits per heavy atom. The molecule has 0 fully saturated rings. The first-order valence-electron chi connectivity index (χ1n) is 5.46. The molecule has 4 N–H and O–H groups in total. The van der Waals surface area contributed by atoms with Crippen molar-refractivity contribution in [3.63, 3.8) is 0 Å². The van der Waals surface area contributed by atoms with Gasteiger partial charge in [-0.25, -0.2) is 0 Å². The fourth-order valence-corrected chi connectivity index (χ4v) is 2.06. The molecule has 19 heavy (non-hydrogen) atoms. The molecule has 1 aromatic heterocycles. The zero-order valence-corrected chi connectivity index (χ0v) is 11.8. The average molecular weight is 325 g/mol. The number of nitrogen functional groups attached to an aromatic ring is 1. The van der Waals surface area contributed by atoms with Gasteiger partial charge in [0.1, 0.15) is 5.75 Å². The normalized spacial score (nSPS) is 10.4. The number of anilines is 1. The Morgan fingerprint density at radius 1 is 1.53 bits per heavy atom. The lowest BCUT2D eigenvalue weighted by Gasteiger charge is -2.07. The van der Waals surface area contributed by atoms with Gasteiger partial charge in [-0.15, -0.1) is 0 Å². The summed E-state index contributed by atoms with van der Waals surface area (Å²) in [7, 11) is 1.60. The van der Waals surface area contributed by atoms with E-state index in [9.17, 15) is 4.79 Å². The topological polar surface area (TPSA) is 96.2 Å². The molecule has 1 heterocycles. The molecule has 0 atom stereocenters. The number of halogens is 1. The lowest BCUT2D eigenvalue weighted by atomic mass is 10.2. The first-order valence-corrected chi connectivity index (χ1v) is 6.25. The third-order valence-corrected chi connectivity index (χ3v) is 3.38. The molecule has 0 aliphatic heterocycles. The summed E-state index contributed by atoms with van der Waals surface area (Å²) < 4.78 is 7.65. The largest absolute Gasteiger partial charge is 0.497 e. The second kappa shape index (κ2) is 5.31. The molecular weight excluding hydrogens is 312 g/mol. The van der Waals surface area contributed by atoms with Crippen molar-refractivity contribution in [3.05, 3.63) is 40.1 Å². The summed E-state index contributed by atoms with van der Waals surface area (Å²) in [5.74, 6) is 0.106. The molecule has 1 aromatic carbocycles.